The van der Waals surface area contributed by atoms with E-state index in [9.17, 15) is 9.18 Å². The van der Waals surface area contributed by atoms with Crippen molar-refractivity contribution in [3.63, 3.8) is 0 Å². The van der Waals surface area contributed by atoms with Gasteiger partial charge in [0.05, 0.1) is 17.1 Å². The Balaban J connectivity index is 1.46. The van der Waals surface area contributed by atoms with Crippen LogP contribution in [-0.4, -0.2) is 65.5 Å². The van der Waals surface area contributed by atoms with Crippen molar-refractivity contribution < 1.29 is 13.9 Å². The standard InChI is InChI=1S/C23H25ClFN5O2/c1-29(2)13-22(31)30-9-7-16(8-10-30)32-17-4-6-21-18(12-17)23(27-14-26-21)28-15-3-5-20(25)19(24)11-15/h3-6,11-12,14,16H,7-10,13H2,1-2H3,(H,26,27,28). The van der Waals surface area contributed by atoms with E-state index in [1.54, 1.807) is 6.07 Å². The molecule has 1 N–H and O–H groups in total. The van der Waals surface area contributed by atoms with Gasteiger partial charge in [0.2, 0.25) is 5.91 Å². The smallest absolute Gasteiger partial charge is 0.236 e. The fourth-order valence-corrected chi connectivity index (χ4v) is 3.89. The number of carbonyl (C=O) groups is 1. The van der Waals surface area contributed by atoms with Gasteiger partial charge in [-0.1, -0.05) is 11.6 Å². The van der Waals surface area contributed by atoms with Crippen molar-refractivity contribution in [2.24, 2.45) is 0 Å². The zero-order valence-electron chi connectivity index (χ0n) is 18.0. The molecule has 0 aliphatic carbocycles. The first-order chi connectivity index (χ1) is 15.4. The quantitative estimate of drug-likeness (QED) is 0.601. The first-order valence-corrected chi connectivity index (χ1v) is 10.8. The first-order valence-electron chi connectivity index (χ1n) is 10.4. The minimum absolute atomic E-state index is 0.0350. The van der Waals surface area contributed by atoms with E-state index < -0.39 is 5.82 Å². The Morgan fingerprint density at radius 1 is 1.22 bits per heavy atom. The molecule has 4 rings (SSSR count). The third-order valence-corrected chi connectivity index (χ3v) is 5.63. The van der Waals surface area contributed by atoms with E-state index in [-0.39, 0.29) is 17.0 Å². The van der Waals surface area contributed by atoms with Gasteiger partial charge in [-0.2, -0.15) is 0 Å². The van der Waals surface area contributed by atoms with E-state index >= 15 is 0 Å². The largest absolute Gasteiger partial charge is 0.490 e. The Hall–Kier alpha value is -2.97. The molecule has 2 aromatic carbocycles. The number of rotatable bonds is 6. The number of carbonyl (C=O) groups excluding carboxylic acids is 1. The summed E-state index contributed by atoms with van der Waals surface area (Å²) in [6.07, 6.45) is 3.06. The highest BCUT2D eigenvalue weighted by molar-refractivity contribution is 6.31. The molecule has 1 saturated heterocycles. The third-order valence-electron chi connectivity index (χ3n) is 5.34. The van der Waals surface area contributed by atoms with E-state index in [0.717, 1.165) is 23.7 Å². The van der Waals surface area contributed by atoms with Gasteiger partial charge in [-0.05, 0) is 50.5 Å². The van der Waals surface area contributed by atoms with Crippen molar-refractivity contribution in [3.05, 3.63) is 53.6 Å². The van der Waals surface area contributed by atoms with E-state index in [1.165, 1.54) is 18.5 Å². The number of halogens is 2. The van der Waals surface area contributed by atoms with Gasteiger partial charge < -0.3 is 19.9 Å². The van der Waals surface area contributed by atoms with Crippen LogP contribution in [0, 0.1) is 5.82 Å². The summed E-state index contributed by atoms with van der Waals surface area (Å²) in [6, 6.07) is 10.1. The molecule has 0 unspecified atom stereocenters. The molecule has 3 aromatic rings. The number of anilines is 2. The van der Waals surface area contributed by atoms with Gasteiger partial charge in [0.25, 0.3) is 0 Å². The van der Waals surface area contributed by atoms with Crippen molar-refractivity contribution >= 4 is 39.9 Å². The summed E-state index contributed by atoms with van der Waals surface area (Å²) in [5.41, 5.74) is 1.38. The Morgan fingerprint density at radius 2 is 2.00 bits per heavy atom. The number of fused-ring (bicyclic) bond motifs is 1. The number of piperidine rings is 1. The van der Waals surface area contributed by atoms with Crippen molar-refractivity contribution in [3.8, 4) is 5.75 Å². The molecule has 2 heterocycles. The molecule has 32 heavy (non-hydrogen) atoms. The lowest BCUT2D eigenvalue weighted by Crippen LogP contribution is -2.44. The lowest BCUT2D eigenvalue weighted by Gasteiger charge is -2.32. The average molecular weight is 458 g/mol. The molecule has 0 atom stereocenters. The monoisotopic (exact) mass is 457 g/mol. The van der Waals surface area contributed by atoms with Crippen LogP contribution >= 0.6 is 11.6 Å². The van der Waals surface area contributed by atoms with Gasteiger partial charge in [-0.15, -0.1) is 0 Å². The highest BCUT2D eigenvalue weighted by atomic mass is 35.5. The molecule has 7 nitrogen and oxygen atoms in total. The van der Waals surface area contributed by atoms with E-state index in [4.69, 9.17) is 16.3 Å². The van der Waals surface area contributed by atoms with Crippen LogP contribution in [0.15, 0.2) is 42.7 Å². The molecule has 1 aliphatic rings. The number of aromatic nitrogens is 2. The number of hydrogen-bond acceptors (Lipinski definition) is 6. The fraction of sp³-hybridized carbons (Fsp3) is 0.348. The topological polar surface area (TPSA) is 70.6 Å². The van der Waals surface area contributed by atoms with Crippen LogP contribution in [0.3, 0.4) is 0 Å². The number of nitrogens with one attached hydrogen (secondary N) is 1. The molecule has 1 aliphatic heterocycles. The van der Waals surface area contributed by atoms with Gasteiger partial charge in [0, 0.05) is 37.0 Å². The molecule has 0 spiro atoms. The van der Waals surface area contributed by atoms with E-state index in [2.05, 4.69) is 15.3 Å². The SMILES string of the molecule is CN(C)CC(=O)N1CCC(Oc2ccc3ncnc(Nc4ccc(F)c(Cl)c4)c3c2)CC1. The predicted octanol–water partition coefficient (Wildman–Crippen LogP) is 4.10. The zero-order valence-corrected chi connectivity index (χ0v) is 18.8. The Kier molecular flexibility index (Phi) is 6.72. The number of likely N-dealkylation sites (tertiary alicyclic amines) is 1. The number of likely N-dealkylation sites (N-methyl/N-ethyl adjacent to an activating group) is 1. The summed E-state index contributed by atoms with van der Waals surface area (Å²) in [7, 11) is 3.79. The van der Waals surface area contributed by atoms with E-state index in [0.29, 0.717) is 36.9 Å². The van der Waals surface area contributed by atoms with E-state index in [1.807, 2.05) is 42.1 Å². The van der Waals surface area contributed by atoms with Crippen LogP contribution in [0.1, 0.15) is 12.8 Å². The van der Waals surface area contributed by atoms with Crippen LogP contribution in [0.4, 0.5) is 15.9 Å². The fourth-order valence-electron chi connectivity index (χ4n) is 3.71. The van der Waals surface area contributed by atoms with Crippen LogP contribution < -0.4 is 10.1 Å². The molecule has 1 fully saturated rings. The van der Waals surface area contributed by atoms with Gasteiger partial charge >= 0.3 is 0 Å². The molecule has 1 amide bonds. The second-order valence-electron chi connectivity index (χ2n) is 8.09. The minimum Gasteiger partial charge on any atom is -0.490 e. The molecule has 9 heteroatoms. The Bertz CT molecular complexity index is 1120. The molecular formula is C23H25ClFN5O2. The number of benzene rings is 2. The van der Waals surface area contributed by atoms with Crippen LogP contribution in [0.2, 0.25) is 5.02 Å². The molecule has 0 bridgehead atoms. The Labute approximate surface area is 191 Å². The highest BCUT2D eigenvalue weighted by Gasteiger charge is 2.24. The van der Waals surface area contributed by atoms with Gasteiger partial charge in [-0.3, -0.25) is 4.79 Å². The highest BCUT2D eigenvalue weighted by Crippen LogP contribution is 2.29. The number of ether oxygens (including phenoxy) is 1. The van der Waals surface area contributed by atoms with Crippen molar-refractivity contribution in [2.75, 3.05) is 39.0 Å². The maximum Gasteiger partial charge on any atom is 0.236 e. The second-order valence-corrected chi connectivity index (χ2v) is 8.50. The summed E-state index contributed by atoms with van der Waals surface area (Å²) in [4.78, 5) is 24.7. The molecule has 1 aromatic heterocycles. The minimum atomic E-state index is -0.477. The van der Waals surface area contributed by atoms with Gasteiger partial charge in [0.1, 0.15) is 29.8 Å². The second kappa shape index (κ2) is 9.67. The number of hydrogen-bond donors (Lipinski definition) is 1. The predicted molar refractivity (Wildman–Crippen MR) is 123 cm³/mol. The summed E-state index contributed by atoms with van der Waals surface area (Å²) in [6.45, 7) is 1.80. The Morgan fingerprint density at radius 3 is 2.72 bits per heavy atom. The first kappa shape index (κ1) is 22.2. The lowest BCUT2D eigenvalue weighted by atomic mass is 10.1. The maximum atomic E-state index is 13.5. The van der Waals surface area contributed by atoms with Crippen LogP contribution in [0.5, 0.6) is 5.75 Å². The zero-order chi connectivity index (χ0) is 22.7. The molecule has 0 saturated carbocycles. The van der Waals surface area contributed by atoms with Crippen LogP contribution in [-0.2, 0) is 4.79 Å². The summed E-state index contributed by atoms with van der Waals surface area (Å²) < 4.78 is 19.7. The lowest BCUT2D eigenvalue weighted by molar-refractivity contribution is -0.133. The number of amides is 1. The van der Waals surface area contributed by atoms with Crippen molar-refractivity contribution in [1.82, 2.24) is 19.8 Å². The molecule has 0 radical (unpaired) electrons. The summed E-state index contributed by atoms with van der Waals surface area (Å²) in [5, 5.41) is 3.99. The summed E-state index contributed by atoms with van der Waals surface area (Å²) >= 11 is 5.89. The van der Waals surface area contributed by atoms with Crippen LogP contribution in [0.25, 0.3) is 10.9 Å². The van der Waals surface area contributed by atoms with Gasteiger partial charge in [0.15, 0.2) is 0 Å². The van der Waals surface area contributed by atoms with Crippen molar-refractivity contribution in [2.45, 2.75) is 18.9 Å². The average Bonchev–Trinajstić information content (AvgIpc) is 2.77. The third kappa shape index (κ3) is 5.26. The van der Waals surface area contributed by atoms with Gasteiger partial charge in [-0.25, -0.2) is 14.4 Å². The molecule has 168 valence electrons. The normalized spacial score (nSPS) is 14.7. The summed E-state index contributed by atoms with van der Waals surface area (Å²) in [5.74, 6) is 0.959. The molecular weight excluding hydrogens is 433 g/mol. The van der Waals surface area contributed by atoms with Crippen molar-refractivity contribution in [1.29, 1.82) is 0 Å². The maximum absolute atomic E-state index is 13.5. The number of nitrogens with zero attached hydrogens (tertiary/aromatic N) is 4.